The first kappa shape index (κ1) is 19.6. The van der Waals surface area contributed by atoms with E-state index < -0.39 is 15.9 Å². The lowest BCUT2D eigenvalue weighted by Crippen LogP contribution is -2.14. The molecular weight excluding hydrogens is 378 g/mol. The summed E-state index contributed by atoms with van der Waals surface area (Å²) in [4.78, 5) is 11.2. The number of hydrogen-bond donors (Lipinski definition) is 3. The monoisotopic (exact) mass is 397 g/mol. The summed E-state index contributed by atoms with van der Waals surface area (Å²) in [5.74, 6) is -0.705. The van der Waals surface area contributed by atoms with Crippen LogP contribution in [0.2, 0.25) is 0 Å². The van der Waals surface area contributed by atoms with Crippen LogP contribution in [0.15, 0.2) is 78.0 Å². The molecule has 3 aromatic rings. The van der Waals surface area contributed by atoms with Crippen molar-refractivity contribution in [2.75, 3.05) is 0 Å². The maximum atomic E-state index is 12.9. The third kappa shape index (κ3) is 4.20. The molecule has 1 amide bonds. The quantitative estimate of drug-likeness (QED) is 0.336. The molecular formula is C20H19N3O4S. The van der Waals surface area contributed by atoms with E-state index in [0.717, 1.165) is 26.7 Å². The minimum absolute atomic E-state index is 0.145. The molecule has 0 radical (unpaired) electrons. The van der Waals surface area contributed by atoms with Crippen LogP contribution in [-0.4, -0.2) is 23.5 Å². The molecule has 0 aliphatic heterocycles. The van der Waals surface area contributed by atoms with Gasteiger partial charge in [0.1, 0.15) is 0 Å². The topological polar surface area (TPSA) is 114 Å². The summed E-state index contributed by atoms with van der Waals surface area (Å²) in [7, 11) is -3.79. The van der Waals surface area contributed by atoms with Crippen molar-refractivity contribution in [3.05, 3.63) is 84.2 Å². The van der Waals surface area contributed by atoms with Crippen molar-refractivity contribution in [3.8, 4) is 11.1 Å². The molecule has 4 N–H and O–H groups in total. The summed E-state index contributed by atoms with van der Waals surface area (Å²) in [6.45, 7) is 0.444. The molecule has 1 aromatic heterocycles. The lowest BCUT2D eigenvalue weighted by molar-refractivity contribution is -0.124. The number of hydrogen-bond acceptors (Lipinski definition) is 5. The molecule has 0 saturated carbocycles. The predicted octanol–water partition coefficient (Wildman–Crippen LogP) is 2.37. The highest BCUT2D eigenvalue weighted by molar-refractivity contribution is 7.90. The summed E-state index contributed by atoms with van der Waals surface area (Å²) >= 11 is 0. The van der Waals surface area contributed by atoms with Gasteiger partial charge in [-0.15, -0.1) is 0 Å². The predicted molar refractivity (Wildman–Crippen MR) is 106 cm³/mol. The average Bonchev–Trinajstić information content (AvgIpc) is 3.22. The Balaban J connectivity index is 1.91. The summed E-state index contributed by atoms with van der Waals surface area (Å²) in [5.41, 5.74) is 10.2. The van der Waals surface area contributed by atoms with E-state index in [1.165, 1.54) is 30.0 Å². The Morgan fingerprint density at radius 3 is 2.54 bits per heavy atom. The van der Waals surface area contributed by atoms with E-state index in [-0.39, 0.29) is 4.90 Å². The van der Waals surface area contributed by atoms with Crippen LogP contribution in [0.25, 0.3) is 17.2 Å². The van der Waals surface area contributed by atoms with Gasteiger partial charge in [0, 0.05) is 25.0 Å². The van der Waals surface area contributed by atoms with E-state index in [1.807, 2.05) is 30.3 Å². The van der Waals surface area contributed by atoms with Gasteiger partial charge in [-0.2, -0.15) is 0 Å². The number of hydroxylamine groups is 1. The third-order valence-electron chi connectivity index (χ3n) is 4.16. The highest BCUT2D eigenvalue weighted by Crippen LogP contribution is 2.24. The van der Waals surface area contributed by atoms with Crippen LogP contribution >= 0.6 is 0 Å². The Morgan fingerprint density at radius 1 is 1.11 bits per heavy atom. The second kappa shape index (κ2) is 8.22. The first-order chi connectivity index (χ1) is 13.4. The molecule has 0 spiro atoms. The average molecular weight is 397 g/mol. The SMILES string of the molecule is NCc1ccc(-c2cccc(S(=O)(=O)n3ccc(C=CC(=O)NO)c3)c2)cc1. The molecule has 28 heavy (non-hydrogen) atoms. The highest BCUT2D eigenvalue weighted by atomic mass is 32.2. The second-order valence-electron chi connectivity index (χ2n) is 6.02. The number of rotatable bonds is 6. The number of carbonyl (C=O) groups excluding carboxylic acids is 1. The Labute approximate surface area is 162 Å². The minimum atomic E-state index is -3.79. The van der Waals surface area contributed by atoms with Gasteiger partial charge in [0.2, 0.25) is 0 Å². The summed E-state index contributed by atoms with van der Waals surface area (Å²) in [6.07, 6.45) is 5.28. The van der Waals surface area contributed by atoms with Crippen molar-refractivity contribution in [2.24, 2.45) is 5.73 Å². The van der Waals surface area contributed by atoms with Crippen LogP contribution in [0.4, 0.5) is 0 Å². The van der Waals surface area contributed by atoms with Crippen molar-refractivity contribution < 1.29 is 18.4 Å². The van der Waals surface area contributed by atoms with Crippen LogP contribution in [0.1, 0.15) is 11.1 Å². The van der Waals surface area contributed by atoms with E-state index in [1.54, 1.807) is 18.2 Å². The zero-order chi connectivity index (χ0) is 20.1. The first-order valence-electron chi connectivity index (χ1n) is 8.39. The van der Waals surface area contributed by atoms with Crippen molar-refractivity contribution >= 4 is 22.0 Å². The molecule has 0 aliphatic carbocycles. The van der Waals surface area contributed by atoms with Crippen LogP contribution < -0.4 is 11.2 Å². The molecule has 0 bridgehead atoms. The molecule has 0 fully saturated rings. The number of carbonyl (C=O) groups is 1. The van der Waals surface area contributed by atoms with Gasteiger partial charge >= 0.3 is 0 Å². The summed E-state index contributed by atoms with van der Waals surface area (Å²) in [5, 5.41) is 8.49. The number of benzene rings is 2. The largest absolute Gasteiger partial charge is 0.326 e. The molecule has 2 aromatic carbocycles. The highest BCUT2D eigenvalue weighted by Gasteiger charge is 2.17. The molecule has 0 unspecified atom stereocenters. The van der Waals surface area contributed by atoms with Gasteiger partial charge in [-0.25, -0.2) is 17.9 Å². The van der Waals surface area contributed by atoms with Gasteiger partial charge in [-0.05, 0) is 46.5 Å². The van der Waals surface area contributed by atoms with Crippen LogP contribution in [0.3, 0.4) is 0 Å². The second-order valence-corrected chi connectivity index (χ2v) is 7.86. The van der Waals surface area contributed by atoms with E-state index in [2.05, 4.69) is 0 Å². The first-order valence-corrected chi connectivity index (χ1v) is 9.83. The van der Waals surface area contributed by atoms with Gasteiger partial charge in [-0.1, -0.05) is 36.4 Å². The maximum absolute atomic E-state index is 12.9. The van der Waals surface area contributed by atoms with Crippen molar-refractivity contribution in [1.82, 2.24) is 9.45 Å². The number of nitrogens with zero attached hydrogens (tertiary/aromatic N) is 1. The molecule has 0 aliphatic rings. The van der Waals surface area contributed by atoms with Gasteiger partial charge in [0.25, 0.3) is 15.9 Å². The molecule has 0 atom stereocenters. The van der Waals surface area contributed by atoms with Crippen LogP contribution in [0.5, 0.6) is 0 Å². The van der Waals surface area contributed by atoms with Gasteiger partial charge in [0.15, 0.2) is 0 Å². The summed E-state index contributed by atoms with van der Waals surface area (Å²) in [6, 6.07) is 15.8. The third-order valence-corrected chi connectivity index (χ3v) is 5.79. The number of amides is 1. The van der Waals surface area contributed by atoms with E-state index in [9.17, 15) is 13.2 Å². The fourth-order valence-electron chi connectivity index (χ4n) is 2.64. The Morgan fingerprint density at radius 2 is 1.86 bits per heavy atom. The van der Waals surface area contributed by atoms with Crippen LogP contribution in [0, 0.1) is 0 Å². The lowest BCUT2D eigenvalue weighted by atomic mass is 10.0. The molecule has 0 saturated heterocycles. The minimum Gasteiger partial charge on any atom is -0.326 e. The molecule has 1 heterocycles. The van der Waals surface area contributed by atoms with E-state index >= 15 is 0 Å². The number of nitrogens with two attached hydrogens (primary N) is 1. The smallest absolute Gasteiger partial charge is 0.267 e. The Bertz CT molecular complexity index is 1120. The Hall–Kier alpha value is -3.20. The zero-order valence-corrected chi connectivity index (χ0v) is 15.6. The standard InChI is InChI=1S/C20H19N3O4S/c21-13-15-4-7-17(8-5-15)18-2-1-3-19(12-18)28(26,27)23-11-10-16(14-23)6-9-20(24)22-25/h1-12,14,25H,13,21H2,(H,22,24). The van der Waals surface area contributed by atoms with Crippen molar-refractivity contribution in [2.45, 2.75) is 11.4 Å². The summed E-state index contributed by atoms with van der Waals surface area (Å²) < 4.78 is 26.9. The maximum Gasteiger partial charge on any atom is 0.267 e. The normalized spacial score (nSPS) is 11.6. The van der Waals surface area contributed by atoms with Gasteiger partial charge in [0.05, 0.1) is 4.90 Å². The fourth-order valence-corrected chi connectivity index (χ4v) is 3.89. The van der Waals surface area contributed by atoms with Gasteiger partial charge < -0.3 is 5.73 Å². The molecule has 7 nitrogen and oxygen atoms in total. The number of nitrogens with one attached hydrogen (secondary N) is 1. The van der Waals surface area contributed by atoms with E-state index in [4.69, 9.17) is 10.9 Å². The molecule has 8 heteroatoms. The molecule has 144 valence electrons. The lowest BCUT2D eigenvalue weighted by Gasteiger charge is -2.08. The number of aromatic nitrogens is 1. The molecule has 3 rings (SSSR count). The van der Waals surface area contributed by atoms with Gasteiger partial charge in [-0.3, -0.25) is 10.0 Å². The zero-order valence-electron chi connectivity index (χ0n) is 14.8. The Kier molecular flexibility index (Phi) is 5.74. The van der Waals surface area contributed by atoms with Crippen molar-refractivity contribution in [1.29, 1.82) is 0 Å². The van der Waals surface area contributed by atoms with Crippen LogP contribution in [-0.2, 0) is 21.4 Å². The van der Waals surface area contributed by atoms with E-state index in [0.29, 0.717) is 12.1 Å². The van der Waals surface area contributed by atoms with Crippen molar-refractivity contribution in [3.63, 3.8) is 0 Å². The fraction of sp³-hybridized carbons (Fsp3) is 0.0500.